The number of fused-ring (bicyclic) bond motifs is 2. The number of Topliss-reactive ketones (excluding diaryl/α,β-unsaturated/α-hetero) is 2. The predicted molar refractivity (Wildman–Crippen MR) is 136 cm³/mol. The molecule has 3 aromatic carbocycles. The van der Waals surface area contributed by atoms with Crippen molar-refractivity contribution in [2.24, 2.45) is 5.41 Å². The van der Waals surface area contributed by atoms with Gasteiger partial charge < -0.3 is 4.90 Å². The van der Waals surface area contributed by atoms with Crippen LogP contribution in [0.2, 0.25) is 0 Å². The van der Waals surface area contributed by atoms with Gasteiger partial charge in [-0.25, -0.2) is 0 Å². The van der Waals surface area contributed by atoms with Crippen LogP contribution < -0.4 is 4.90 Å². The monoisotopic (exact) mass is 445 g/mol. The molecule has 34 heavy (non-hydrogen) atoms. The molecule has 1 atom stereocenters. The maximum absolute atomic E-state index is 13.9. The van der Waals surface area contributed by atoms with Crippen LogP contribution in [0.25, 0.3) is 5.70 Å². The van der Waals surface area contributed by atoms with Crippen molar-refractivity contribution in [2.45, 2.75) is 39.5 Å². The fourth-order valence-electron chi connectivity index (χ4n) is 5.93. The van der Waals surface area contributed by atoms with E-state index in [1.165, 1.54) is 0 Å². The first-order valence-electron chi connectivity index (χ1n) is 11.9. The topological polar surface area (TPSA) is 37.4 Å². The lowest BCUT2D eigenvalue weighted by Crippen LogP contribution is -2.39. The molecule has 0 fully saturated rings. The Kier molecular flexibility index (Phi) is 4.54. The number of hydrogen-bond acceptors (Lipinski definition) is 3. The van der Waals surface area contributed by atoms with Gasteiger partial charge in [0.05, 0.1) is 5.70 Å². The SMILES string of the molecule is Cc1cccc(N2C3=C(C(=O)CC(C)(C)C3)[C@@H](c3ccccc3)C3=C2c2ccccc2C3=O)c1. The minimum Gasteiger partial charge on any atom is -0.313 e. The number of carbonyl (C=O) groups excluding carboxylic acids is 2. The highest BCUT2D eigenvalue weighted by Crippen LogP contribution is 2.56. The van der Waals surface area contributed by atoms with E-state index in [2.05, 4.69) is 43.9 Å². The van der Waals surface area contributed by atoms with E-state index in [9.17, 15) is 9.59 Å². The Hall–Kier alpha value is -3.72. The summed E-state index contributed by atoms with van der Waals surface area (Å²) >= 11 is 0. The molecule has 3 aromatic rings. The zero-order chi connectivity index (χ0) is 23.6. The van der Waals surface area contributed by atoms with Gasteiger partial charge in [0.25, 0.3) is 0 Å². The number of hydrogen-bond donors (Lipinski definition) is 0. The molecular formula is C31H27NO2. The van der Waals surface area contributed by atoms with E-state index in [0.29, 0.717) is 6.42 Å². The molecule has 6 rings (SSSR count). The Morgan fingerprint density at radius 1 is 0.794 bits per heavy atom. The summed E-state index contributed by atoms with van der Waals surface area (Å²) in [5.41, 5.74) is 8.14. The van der Waals surface area contributed by atoms with E-state index in [1.54, 1.807) is 0 Å². The average Bonchev–Trinajstić information content (AvgIpc) is 3.10. The van der Waals surface area contributed by atoms with Crippen LogP contribution in [0.1, 0.15) is 59.7 Å². The highest BCUT2D eigenvalue weighted by molar-refractivity contribution is 6.25. The number of allylic oxidation sites excluding steroid dienone is 3. The van der Waals surface area contributed by atoms with E-state index in [0.717, 1.165) is 56.9 Å². The molecule has 168 valence electrons. The summed E-state index contributed by atoms with van der Waals surface area (Å²) in [6, 6.07) is 26.3. The molecule has 1 aliphatic heterocycles. The number of benzene rings is 3. The standard InChI is InChI=1S/C31H27NO2/c1-19-10-9-13-21(16-19)32-24-17-31(2,3)18-25(33)27(24)26(20-11-5-4-6-12-20)28-29(32)22-14-7-8-15-23(22)30(28)34/h4-16,26H,17-18H2,1-3H3/t26-/m1/s1. The van der Waals surface area contributed by atoms with Gasteiger partial charge in [0.2, 0.25) is 0 Å². The molecule has 0 radical (unpaired) electrons. The van der Waals surface area contributed by atoms with Crippen LogP contribution in [0.5, 0.6) is 0 Å². The fraction of sp³-hybridized carbons (Fsp3) is 0.226. The molecule has 1 heterocycles. The Balaban J connectivity index is 1.71. The van der Waals surface area contributed by atoms with Crippen LogP contribution in [-0.4, -0.2) is 11.6 Å². The number of nitrogens with zero attached hydrogens (tertiary/aromatic N) is 1. The van der Waals surface area contributed by atoms with Crippen LogP contribution in [0.4, 0.5) is 5.69 Å². The van der Waals surface area contributed by atoms with Gasteiger partial charge >= 0.3 is 0 Å². The summed E-state index contributed by atoms with van der Waals surface area (Å²) in [5, 5.41) is 0. The van der Waals surface area contributed by atoms with Gasteiger partial charge in [-0.15, -0.1) is 0 Å². The lowest BCUT2D eigenvalue weighted by atomic mass is 9.68. The first-order valence-corrected chi connectivity index (χ1v) is 11.9. The lowest BCUT2D eigenvalue weighted by molar-refractivity contribution is -0.118. The van der Waals surface area contributed by atoms with E-state index in [-0.39, 0.29) is 22.9 Å². The maximum Gasteiger partial charge on any atom is 0.192 e. The Labute approximate surface area is 200 Å². The smallest absolute Gasteiger partial charge is 0.192 e. The van der Waals surface area contributed by atoms with E-state index in [1.807, 2.05) is 60.7 Å². The van der Waals surface area contributed by atoms with Gasteiger partial charge in [0, 0.05) is 46.0 Å². The van der Waals surface area contributed by atoms with Gasteiger partial charge in [0.15, 0.2) is 11.6 Å². The van der Waals surface area contributed by atoms with Gasteiger partial charge in [0.1, 0.15) is 0 Å². The number of rotatable bonds is 2. The van der Waals surface area contributed by atoms with Crippen LogP contribution in [-0.2, 0) is 4.79 Å². The normalized spacial score (nSPS) is 20.9. The predicted octanol–water partition coefficient (Wildman–Crippen LogP) is 6.85. The van der Waals surface area contributed by atoms with Crippen LogP contribution in [0.3, 0.4) is 0 Å². The van der Waals surface area contributed by atoms with Crippen molar-refractivity contribution in [3.05, 3.63) is 118 Å². The van der Waals surface area contributed by atoms with Crippen LogP contribution in [0, 0.1) is 12.3 Å². The minimum absolute atomic E-state index is 0.0290. The lowest BCUT2D eigenvalue weighted by Gasteiger charge is -2.44. The second kappa shape index (κ2) is 7.39. The molecule has 0 N–H and O–H groups in total. The molecule has 3 nitrogen and oxygen atoms in total. The summed E-state index contributed by atoms with van der Waals surface area (Å²) in [5.74, 6) is -0.176. The molecule has 0 aromatic heterocycles. The first-order chi connectivity index (χ1) is 16.4. The third kappa shape index (κ3) is 3.03. The van der Waals surface area contributed by atoms with Gasteiger partial charge in [-0.05, 0) is 42.0 Å². The second-order valence-corrected chi connectivity index (χ2v) is 10.5. The summed E-state index contributed by atoms with van der Waals surface area (Å²) in [7, 11) is 0. The maximum atomic E-state index is 13.9. The summed E-state index contributed by atoms with van der Waals surface area (Å²) in [6.07, 6.45) is 1.26. The molecule has 2 aliphatic carbocycles. The Morgan fingerprint density at radius 3 is 2.24 bits per heavy atom. The Morgan fingerprint density at radius 2 is 1.50 bits per heavy atom. The molecule has 0 saturated heterocycles. The van der Waals surface area contributed by atoms with Crippen molar-refractivity contribution in [1.82, 2.24) is 0 Å². The number of ketones is 2. The van der Waals surface area contributed by atoms with E-state index < -0.39 is 0 Å². The van der Waals surface area contributed by atoms with Gasteiger partial charge in [-0.3, -0.25) is 9.59 Å². The van der Waals surface area contributed by atoms with Crippen molar-refractivity contribution in [3.63, 3.8) is 0 Å². The zero-order valence-electron chi connectivity index (χ0n) is 19.8. The van der Waals surface area contributed by atoms with E-state index >= 15 is 0 Å². The highest BCUT2D eigenvalue weighted by atomic mass is 16.1. The van der Waals surface area contributed by atoms with E-state index in [4.69, 9.17) is 0 Å². The molecule has 0 bridgehead atoms. The largest absolute Gasteiger partial charge is 0.313 e. The van der Waals surface area contributed by atoms with Crippen molar-refractivity contribution >= 4 is 23.0 Å². The molecule has 0 saturated carbocycles. The number of aryl methyl sites for hydroxylation is 1. The summed E-state index contributed by atoms with van der Waals surface area (Å²) in [6.45, 7) is 6.41. The van der Waals surface area contributed by atoms with Gasteiger partial charge in [-0.1, -0.05) is 80.6 Å². The number of carbonyl (C=O) groups is 2. The van der Waals surface area contributed by atoms with Crippen molar-refractivity contribution in [2.75, 3.05) is 4.90 Å². The van der Waals surface area contributed by atoms with Crippen LogP contribution in [0.15, 0.2) is 95.7 Å². The second-order valence-electron chi connectivity index (χ2n) is 10.5. The average molecular weight is 446 g/mol. The quantitative estimate of drug-likeness (QED) is 0.433. The fourth-order valence-corrected chi connectivity index (χ4v) is 5.93. The minimum atomic E-state index is -0.351. The van der Waals surface area contributed by atoms with Crippen LogP contribution >= 0.6 is 0 Å². The zero-order valence-corrected chi connectivity index (χ0v) is 19.8. The Bertz CT molecular complexity index is 1420. The number of anilines is 1. The highest BCUT2D eigenvalue weighted by Gasteiger charge is 2.49. The summed E-state index contributed by atoms with van der Waals surface area (Å²) in [4.78, 5) is 30.0. The third-order valence-corrected chi connectivity index (χ3v) is 7.29. The third-order valence-electron chi connectivity index (χ3n) is 7.29. The van der Waals surface area contributed by atoms with Gasteiger partial charge in [-0.2, -0.15) is 0 Å². The molecule has 0 amide bonds. The molecule has 0 unspecified atom stereocenters. The van der Waals surface area contributed by atoms with Crippen molar-refractivity contribution in [1.29, 1.82) is 0 Å². The molecule has 3 heteroatoms. The summed E-state index contributed by atoms with van der Waals surface area (Å²) < 4.78 is 0. The van der Waals surface area contributed by atoms with Crippen molar-refractivity contribution < 1.29 is 9.59 Å². The van der Waals surface area contributed by atoms with Crippen molar-refractivity contribution in [3.8, 4) is 0 Å². The molecular weight excluding hydrogens is 418 g/mol. The first kappa shape index (κ1) is 20.9. The molecule has 3 aliphatic rings. The molecule has 0 spiro atoms.